The third kappa shape index (κ3) is 2.02. The van der Waals surface area contributed by atoms with E-state index in [1.807, 2.05) is 0 Å². The highest BCUT2D eigenvalue weighted by molar-refractivity contribution is 5.05. The van der Waals surface area contributed by atoms with E-state index >= 15 is 0 Å². The molecule has 0 aromatic heterocycles. The van der Waals surface area contributed by atoms with E-state index in [9.17, 15) is 0 Å². The Hall–Kier alpha value is -0.0800. The monoisotopic (exact) mass is 222 g/mol. The average molecular weight is 222 g/mol. The third-order valence-electron chi connectivity index (χ3n) is 5.49. The molecular formula is C14H26N2. The van der Waals surface area contributed by atoms with E-state index in [2.05, 4.69) is 5.32 Å². The van der Waals surface area contributed by atoms with Gasteiger partial charge in [0.1, 0.15) is 0 Å². The number of rotatable bonds is 7. The Morgan fingerprint density at radius 3 is 2.31 bits per heavy atom. The molecule has 0 heterocycles. The summed E-state index contributed by atoms with van der Waals surface area (Å²) in [6, 6.07) is 0. The van der Waals surface area contributed by atoms with Gasteiger partial charge in [-0.05, 0) is 74.8 Å². The van der Waals surface area contributed by atoms with Crippen molar-refractivity contribution in [3.63, 3.8) is 0 Å². The standard InChI is InChI=1S/C14H26N2/c15-10-13(4-1-5-13)8-9-16-11-14(6-7-14)12-2-3-12/h12,16H,1-11,15H2. The van der Waals surface area contributed by atoms with Crippen LogP contribution < -0.4 is 11.1 Å². The fourth-order valence-corrected chi connectivity index (χ4v) is 3.51. The van der Waals surface area contributed by atoms with Gasteiger partial charge in [0.25, 0.3) is 0 Å². The summed E-state index contributed by atoms with van der Waals surface area (Å²) in [7, 11) is 0. The van der Waals surface area contributed by atoms with Crippen molar-refractivity contribution in [2.24, 2.45) is 22.5 Å². The summed E-state index contributed by atoms with van der Waals surface area (Å²) in [5.41, 5.74) is 7.17. The Morgan fingerprint density at radius 1 is 1.12 bits per heavy atom. The van der Waals surface area contributed by atoms with Gasteiger partial charge in [0.2, 0.25) is 0 Å². The molecular weight excluding hydrogens is 196 g/mol. The fourth-order valence-electron chi connectivity index (χ4n) is 3.51. The largest absolute Gasteiger partial charge is 0.330 e. The van der Waals surface area contributed by atoms with Gasteiger partial charge in [0.15, 0.2) is 0 Å². The molecule has 3 fully saturated rings. The molecule has 0 radical (unpaired) electrons. The minimum absolute atomic E-state index is 0.531. The number of hydrogen-bond donors (Lipinski definition) is 2. The zero-order chi connectivity index (χ0) is 11.1. The molecule has 0 spiro atoms. The molecule has 0 amide bonds. The molecule has 0 aromatic carbocycles. The predicted octanol–water partition coefficient (Wildman–Crippen LogP) is 2.29. The van der Waals surface area contributed by atoms with Crippen LogP contribution in [0, 0.1) is 16.7 Å². The van der Waals surface area contributed by atoms with Crippen molar-refractivity contribution in [2.45, 2.75) is 51.4 Å². The smallest absolute Gasteiger partial charge is 0.00105 e. The van der Waals surface area contributed by atoms with Gasteiger partial charge in [0, 0.05) is 6.54 Å². The minimum atomic E-state index is 0.531. The zero-order valence-corrected chi connectivity index (χ0v) is 10.4. The molecule has 3 aliphatic rings. The van der Waals surface area contributed by atoms with Gasteiger partial charge in [-0.1, -0.05) is 6.42 Å². The Labute approximate surface area is 99.4 Å². The molecule has 0 bridgehead atoms. The zero-order valence-electron chi connectivity index (χ0n) is 10.4. The number of nitrogens with one attached hydrogen (secondary N) is 1. The highest BCUT2D eigenvalue weighted by Crippen LogP contribution is 2.60. The molecule has 2 nitrogen and oxygen atoms in total. The van der Waals surface area contributed by atoms with Gasteiger partial charge >= 0.3 is 0 Å². The number of hydrogen-bond acceptors (Lipinski definition) is 2. The Bertz CT molecular complexity index is 240. The molecule has 3 rings (SSSR count). The topological polar surface area (TPSA) is 38.0 Å². The van der Waals surface area contributed by atoms with Gasteiger partial charge in [-0.3, -0.25) is 0 Å². The molecule has 3 N–H and O–H groups in total. The quantitative estimate of drug-likeness (QED) is 0.649. The second-order valence-corrected chi connectivity index (χ2v) is 6.62. The van der Waals surface area contributed by atoms with Crippen molar-refractivity contribution in [1.82, 2.24) is 5.32 Å². The fraction of sp³-hybridized carbons (Fsp3) is 1.00. The summed E-state index contributed by atoms with van der Waals surface area (Å²) >= 11 is 0. The van der Waals surface area contributed by atoms with Crippen LogP contribution in [0.5, 0.6) is 0 Å². The maximum absolute atomic E-state index is 5.88. The first kappa shape index (κ1) is 11.0. The molecule has 0 saturated heterocycles. The predicted molar refractivity (Wildman–Crippen MR) is 67.2 cm³/mol. The van der Waals surface area contributed by atoms with Crippen LogP contribution in [0.25, 0.3) is 0 Å². The van der Waals surface area contributed by atoms with Gasteiger partial charge in [-0.15, -0.1) is 0 Å². The summed E-state index contributed by atoms with van der Waals surface area (Å²) in [5.74, 6) is 1.09. The van der Waals surface area contributed by atoms with E-state index in [1.54, 1.807) is 0 Å². The highest BCUT2D eigenvalue weighted by Gasteiger charge is 2.53. The van der Waals surface area contributed by atoms with Crippen LogP contribution in [0.15, 0.2) is 0 Å². The number of nitrogens with two attached hydrogens (primary N) is 1. The molecule has 92 valence electrons. The summed E-state index contributed by atoms with van der Waals surface area (Å²) in [6.07, 6.45) is 11.5. The first-order chi connectivity index (χ1) is 7.79. The van der Waals surface area contributed by atoms with Gasteiger partial charge in [0.05, 0.1) is 0 Å². The lowest BCUT2D eigenvalue weighted by molar-refractivity contribution is 0.129. The lowest BCUT2D eigenvalue weighted by atomic mass is 9.67. The van der Waals surface area contributed by atoms with Crippen LogP contribution in [0.1, 0.15) is 51.4 Å². The normalized spacial score (nSPS) is 29.8. The van der Waals surface area contributed by atoms with Gasteiger partial charge in [-0.2, -0.15) is 0 Å². The van der Waals surface area contributed by atoms with Crippen molar-refractivity contribution in [1.29, 1.82) is 0 Å². The van der Waals surface area contributed by atoms with E-state index in [1.165, 1.54) is 64.5 Å². The van der Waals surface area contributed by atoms with E-state index in [-0.39, 0.29) is 0 Å². The van der Waals surface area contributed by atoms with Crippen LogP contribution in [0.2, 0.25) is 0 Å². The third-order valence-corrected chi connectivity index (χ3v) is 5.49. The van der Waals surface area contributed by atoms with Crippen molar-refractivity contribution < 1.29 is 0 Å². The lowest BCUT2D eigenvalue weighted by Crippen LogP contribution is -2.40. The molecule has 2 heteroatoms. The molecule has 0 unspecified atom stereocenters. The minimum Gasteiger partial charge on any atom is -0.330 e. The maximum atomic E-state index is 5.88. The Kier molecular flexibility index (Phi) is 2.75. The van der Waals surface area contributed by atoms with Crippen molar-refractivity contribution in [3.05, 3.63) is 0 Å². The first-order valence-corrected chi connectivity index (χ1v) is 7.20. The van der Waals surface area contributed by atoms with E-state index in [0.29, 0.717) is 5.41 Å². The molecule has 0 atom stereocenters. The van der Waals surface area contributed by atoms with Crippen LogP contribution in [-0.4, -0.2) is 19.6 Å². The van der Waals surface area contributed by atoms with E-state index in [0.717, 1.165) is 17.9 Å². The maximum Gasteiger partial charge on any atom is 0.00105 e. The first-order valence-electron chi connectivity index (χ1n) is 7.20. The summed E-state index contributed by atoms with van der Waals surface area (Å²) in [5, 5.41) is 3.71. The van der Waals surface area contributed by atoms with Gasteiger partial charge < -0.3 is 11.1 Å². The Balaban J connectivity index is 1.34. The second kappa shape index (κ2) is 3.99. The summed E-state index contributed by atoms with van der Waals surface area (Å²) < 4.78 is 0. The van der Waals surface area contributed by atoms with Gasteiger partial charge in [-0.25, -0.2) is 0 Å². The van der Waals surface area contributed by atoms with Crippen LogP contribution in [0.3, 0.4) is 0 Å². The highest BCUT2D eigenvalue weighted by atomic mass is 14.9. The second-order valence-electron chi connectivity index (χ2n) is 6.62. The average Bonchev–Trinajstić information content (AvgIpc) is 3.09. The lowest BCUT2D eigenvalue weighted by Gasteiger charge is -2.41. The Morgan fingerprint density at radius 2 is 1.88 bits per heavy atom. The van der Waals surface area contributed by atoms with E-state index < -0.39 is 0 Å². The van der Waals surface area contributed by atoms with Crippen molar-refractivity contribution in [2.75, 3.05) is 19.6 Å². The molecule has 3 aliphatic carbocycles. The molecule has 0 aliphatic heterocycles. The molecule has 0 aromatic rings. The SMILES string of the molecule is NCC1(CCNCC2(C3CC3)CC2)CCC1. The van der Waals surface area contributed by atoms with Crippen molar-refractivity contribution >= 4 is 0 Å². The molecule has 3 saturated carbocycles. The van der Waals surface area contributed by atoms with Crippen molar-refractivity contribution in [3.8, 4) is 0 Å². The molecule has 16 heavy (non-hydrogen) atoms. The summed E-state index contributed by atoms with van der Waals surface area (Å²) in [4.78, 5) is 0. The van der Waals surface area contributed by atoms with E-state index in [4.69, 9.17) is 5.73 Å². The summed E-state index contributed by atoms with van der Waals surface area (Å²) in [6.45, 7) is 3.40. The van der Waals surface area contributed by atoms with Crippen LogP contribution in [-0.2, 0) is 0 Å². The van der Waals surface area contributed by atoms with Crippen LogP contribution >= 0.6 is 0 Å². The van der Waals surface area contributed by atoms with Crippen LogP contribution in [0.4, 0.5) is 0 Å².